The molecule has 7 heteroatoms. The Hall–Kier alpha value is -1.89. The Morgan fingerprint density at radius 3 is 1.34 bits per heavy atom. The van der Waals surface area contributed by atoms with Crippen molar-refractivity contribution < 1.29 is 34.2 Å². The van der Waals surface area contributed by atoms with Crippen LogP contribution in [0.25, 0.3) is 0 Å². The molecule has 0 saturated heterocycles. The summed E-state index contributed by atoms with van der Waals surface area (Å²) in [5.41, 5.74) is 0. The van der Waals surface area contributed by atoms with Crippen molar-refractivity contribution in [2.24, 2.45) is 0 Å². The molecule has 0 aliphatic rings. The highest BCUT2D eigenvalue weighted by Crippen LogP contribution is 2.18. The lowest BCUT2D eigenvalue weighted by molar-refractivity contribution is -0.929. The van der Waals surface area contributed by atoms with Gasteiger partial charge in [0.1, 0.15) is 0 Å². The SMILES string of the molecule is CC/C=C/CCCCCCCCC[N+](CCCC(=O)O)(CCCC(=O)O)CCCC(=O)O. The van der Waals surface area contributed by atoms with E-state index in [0.717, 1.165) is 32.2 Å². The van der Waals surface area contributed by atoms with E-state index in [2.05, 4.69) is 19.1 Å². The van der Waals surface area contributed by atoms with Crippen molar-refractivity contribution in [1.29, 1.82) is 0 Å². The molecule has 7 nitrogen and oxygen atoms in total. The number of unbranched alkanes of at least 4 members (excludes halogenated alkanes) is 7. The van der Waals surface area contributed by atoms with Crippen LogP contribution in [-0.4, -0.2) is 63.9 Å². The number of carbonyl (C=O) groups is 3. The van der Waals surface area contributed by atoms with Gasteiger partial charge in [-0.2, -0.15) is 0 Å². The van der Waals surface area contributed by atoms with E-state index >= 15 is 0 Å². The van der Waals surface area contributed by atoms with Gasteiger partial charge in [-0.05, 0) is 32.1 Å². The van der Waals surface area contributed by atoms with Crippen LogP contribution in [0.2, 0.25) is 0 Å². The van der Waals surface area contributed by atoms with E-state index in [1.54, 1.807) is 0 Å². The van der Waals surface area contributed by atoms with Gasteiger partial charge in [-0.3, -0.25) is 14.4 Å². The average Bonchev–Trinajstić information content (AvgIpc) is 2.71. The predicted octanol–water partition coefficient (Wildman–Crippen LogP) is 5.48. The minimum atomic E-state index is -0.829. The van der Waals surface area contributed by atoms with Crippen LogP contribution in [0.3, 0.4) is 0 Å². The molecule has 0 bridgehead atoms. The topological polar surface area (TPSA) is 112 Å². The molecular weight excluding hydrogens is 410 g/mol. The molecule has 186 valence electrons. The van der Waals surface area contributed by atoms with Gasteiger partial charge >= 0.3 is 17.9 Å². The van der Waals surface area contributed by atoms with Gasteiger partial charge in [-0.15, -0.1) is 0 Å². The number of rotatable bonds is 23. The molecule has 0 atom stereocenters. The minimum absolute atomic E-state index is 0.0886. The van der Waals surface area contributed by atoms with Crippen LogP contribution in [0.1, 0.15) is 103 Å². The summed E-state index contributed by atoms with van der Waals surface area (Å²) in [6, 6.07) is 0. The molecule has 0 radical (unpaired) electrons. The number of carboxylic acids is 3. The third-order valence-electron chi connectivity index (χ3n) is 5.97. The average molecular weight is 457 g/mol. The van der Waals surface area contributed by atoms with Crippen molar-refractivity contribution in [2.45, 2.75) is 103 Å². The van der Waals surface area contributed by atoms with Crippen LogP contribution in [0, 0.1) is 0 Å². The number of allylic oxidation sites excluding steroid dienone is 2. The number of nitrogens with zero attached hydrogens (tertiary/aromatic N) is 1. The molecule has 0 aliphatic carbocycles. The highest BCUT2D eigenvalue weighted by molar-refractivity contribution is 5.67. The standard InChI is InChI=1S/C25H45NO6/c1-2-3-4-5-6-7-8-9-10-11-12-19-26(20-13-16-23(27)28,21-14-17-24(29)30)22-15-18-25(31)32/h3-4H,2,5-22H2,1H3,(H2-,27,28,29,30,31,32)/p+1/b4-3+. The lowest BCUT2D eigenvalue weighted by Gasteiger charge is -2.39. The third kappa shape index (κ3) is 18.8. The van der Waals surface area contributed by atoms with Crippen LogP contribution in [0.5, 0.6) is 0 Å². The van der Waals surface area contributed by atoms with Crippen molar-refractivity contribution in [2.75, 3.05) is 26.2 Å². The minimum Gasteiger partial charge on any atom is -0.481 e. The van der Waals surface area contributed by atoms with E-state index < -0.39 is 17.9 Å². The lowest BCUT2D eigenvalue weighted by Crippen LogP contribution is -2.51. The maximum Gasteiger partial charge on any atom is 0.303 e. The van der Waals surface area contributed by atoms with Gasteiger partial charge in [0.15, 0.2) is 0 Å². The molecule has 0 aromatic carbocycles. The van der Waals surface area contributed by atoms with E-state index in [1.807, 2.05) is 0 Å². The van der Waals surface area contributed by atoms with Gasteiger partial charge in [0, 0.05) is 19.3 Å². The molecule has 3 N–H and O–H groups in total. The van der Waals surface area contributed by atoms with Gasteiger partial charge in [-0.25, -0.2) is 0 Å². The van der Waals surface area contributed by atoms with E-state index in [9.17, 15) is 14.4 Å². The van der Waals surface area contributed by atoms with Crippen LogP contribution in [0.4, 0.5) is 0 Å². The quantitative estimate of drug-likeness (QED) is 0.107. The Morgan fingerprint density at radius 1 is 0.562 bits per heavy atom. The second kappa shape index (κ2) is 19.8. The smallest absolute Gasteiger partial charge is 0.303 e. The van der Waals surface area contributed by atoms with Gasteiger partial charge in [0.05, 0.1) is 45.4 Å². The molecule has 0 spiro atoms. The Labute approximate surface area is 194 Å². The molecular formula is C25H46NO6+. The van der Waals surface area contributed by atoms with Crippen molar-refractivity contribution in [3.05, 3.63) is 12.2 Å². The van der Waals surface area contributed by atoms with Crippen LogP contribution in [-0.2, 0) is 14.4 Å². The van der Waals surface area contributed by atoms with Gasteiger partial charge < -0.3 is 19.8 Å². The zero-order valence-corrected chi connectivity index (χ0v) is 20.1. The van der Waals surface area contributed by atoms with Crippen LogP contribution in [0.15, 0.2) is 12.2 Å². The lowest BCUT2D eigenvalue weighted by atomic mass is 10.1. The van der Waals surface area contributed by atoms with E-state index in [4.69, 9.17) is 15.3 Å². The number of hydrogen-bond donors (Lipinski definition) is 3. The van der Waals surface area contributed by atoms with Gasteiger partial charge in [0.2, 0.25) is 0 Å². The van der Waals surface area contributed by atoms with E-state index in [0.29, 0.717) is 43.4 Å². The highest BCUT2D eigenvalue weighted by Gasteiger charge is 2.27. The fraction of sp³-hybridized carbons (Fsp3) is 0.800. The van der Waals surface area contributed by atoms with Crippen molar-refractivity contribution in [3.63, 3.8) is 0 Å². The molecule has 0 rings (SSSR count). The fourth-order valence-electron chi connectivity index (χ4n) is 4.25. The summed E-state index contributed by atoms with van der Waals surface area (Å²) in [6.07, 6.45) is 16.8. The first-order valence-electron chi connectivity index (χ1n) is 12.5. The zero-order chi connectivity index (χ0) is 24.1. The molecule has 0 aromatic rings. The summed E-state index contributed by atoms with van der Waals surface area (Å²) in [7, 11) is 0. The summed E-state index contributed by atoms with van der Waals surface area (Å²) >= 11 is 0. The first kappa shape index (κ1) is 30.1. The third-order valence-corrected chi connectivity index (χ3v) is 5.97. The van der Waals surface area contributed by atoms with E-state index in [1.165, 1.54) is 32.1 Å². The summed E-state index contributed by atoms with van der Waals surface area (Å²) < 4.78 is 0.637. The molecule has 0 saturated carbocycles. The number of quaternary nitrogens is 1. The number of carboxylic acid groups (broad SMARTS) is 3. The largest absolute Gasteiger partial charge is 0.481 e. The summed E-state index contributed by atoms with van der Waals surface area (Å²) in [4.78, 5) is 33.0. The van der Waals surface area contributed by atoms with Gasteiger partial charge in [0.25, 0.3) is 0 Å². The summed E-state index contributed by atoms with van der Waals surface area (Å²) in [6.45, 7) is 5.00. The Bertz CT molecular complexity index is 496. The molecule has 32 heavy (non-hydrogen) atoms. The summed E-state index contributed by atoms with van der Waals surface area (Å²) in [5.74, 6) is -2.49. The molecule has 0 heterocycles. The molecule has 0 aromatic heterocycles. The first-order valence-corrected chi connectivity index (χ1v) is 12.5. The molecule has 0 unspecified atom stereocenters. The normalized spacial score (nSPS) is 11.8. The first-order chi connectivity index (χ1) is 15.3. The zero-order valence-electron chi connectivity index (χ0n) is 20.1. The number of hydrogen-bond acceptors (Lipinski definition) is 3. The van der Waals surface area contributed by atoms with Crippen molar-refractivity contribution in [1.82, 2.24) is 0 Å². The summed E-state index contributed by atoms with van der Waals surface area (Å²) in [5, 5.41) is 27.1. The second-order valence-electron chi connectivity index (χ2n) is 8.87. The second-order valence-corrected chi connectivity index (χ2v) is 8.87. The Kier molecular flexibility index (Phi) is 18.6. The fourth-order valence-corrected chi connectivity index (χ4v) is 4.25. The van der Waals surface area contributed by atoms with Crippen molar-refractivity contribution >= 4 is 17.9 Å². The Morgan fingerprint density at radius 2 is 0.938 bits per heavy atom. The predicted molar refractivity (Wildman–Crippen MR) is 127 cm³/mol. The molecule has 0 amide bonds. The highest BCUT2D eigenvalue weighted by atomic mass is 16.4. The Balaban J connectivity index is 4.58. The maximum absolute atomic E-state index is 11.0. The number of aliphatic carboxylic acids is 3. The van der Waals surface area contributed by atoms with Crippen molar-refractivity contribution in [3.8, 4) is 0 Å². The molecule has 0 aliphatic heterocycles. The monoisotopic (exact) mass is 456 g/mol. The molecule has 0 fully saturated rings. The maximum atomic E-state index is 11.0. The van der Waals surface area contributed by atoms with Crippen LogP contribution >= 0.6 is 0 Å². The van der Waals surface area contributed by atoms with Gasteiger partial charge in [-0.1, -0.05) is 44.8 Å². The van der Waals surface area contributed by atoms with E-state index in [-0.39, 0.29) is 19.3 Å². The van der Waals surface area contributed by atoms with Crippen LogP contribution < -0.4 is 0 Å².